The van der Waals surface area contributed by atoms with Crippen LogP contribution in [0.25, 0.3) is 0 Å². The molecular weight excluding hydrogens is 232 g/mol. The summed E-state index contributed by atoms with van der Waals surface area (Å²) in [6.45, 7) is 5.76. The molecular formula is C9H22N2O2S2. The van der Waals surface area contributed by atoms with Gasteiger partial charge < -0.3 is 5.73 Å². The lowest BCUT2D eigenvalue weighted by Gasteiger charge is -2.17. The SMILES string of the molecule is CCSCCC(C)NS(=O)(=O)C(C)CN. The van der Waals surface area contributed by atoms with E-state index in [1.807, 2.05) is 18.7 Å². The standard InChI is InChI=1S/C9H22N2O2S2/c1-4-14-6-5-8(2)11-15(12,13)9(3)7-10/h8-9,11H,4-7,10H2,1-3H3. The Kier molecular flexibility index (Phi) is 7.60. The van der Waals surface area contributed by atoms with Crippen LogP contribution in [-0.2, 0) is 10.0 Å². The summed E-state index contributed by atoms with van der Waals surface area (Å²) in [7, 11) is -3.23. The average Bonchev–Trinajstić information content (AvgIpc) is 2.16. The first kappa shape index (κ1) is 15.2. The summed E-state index contributed by atoms with van der Waals surface area (Å²) in [6, 6.07) is -0.0111. The lowest BCUT2D eigenvalue weighted by atomic mass is 10.3. The van der Waals surface area contributed by atoms with Crippen LogP contribution in [-0.4, -0.2) is 37.8 Å². The van der Waals surface area contributed by atoms with Crippen molar-refractivity contribution >= 4 is 21.8 Å². The third kappa shape index (κ3) is 6.40. The molecule has 0 aliphatic carbocycles. The highest BCUT2D eigenvalue weighted by molar-refractivity contribution is 7.99. The highest BCUT2D eigenvalue weighted by atomic mass is 32.2. The van der Waals surface area contributed by atoms with Gasteiger partial charge in [0.15, 0.2) is 0 Å². The summed E-state index contributed by atoms with van der Waals surface area (Å²) in [4.78, 5) is 0. The highest BCUT2D eigenvalue weighted by Gasteiger charge is 2.20. The minimum atomic E-state index is -3.23. The first-order valence-electron chi connectivity index (χ1n) is 5.23. The third-order valence-corrected chi connectivity index (χ3v) is 5.04. The molecule has 2 unspecified atom stereocenters. The van der Waals surface area contributed by atoms with Gasteiger partial charge >= 0.3 is 0 Å². The van der Waals surface area contributed by atoms with Crippen LogP contribution in [0, 0.1) is 0 Å². The summed E-state index contributed by atoms with van der Waals surface area (Å²) < 4.78 is 25.9. The van der Waals surface area contributed by atoms with E-state index in [0.717, 1.165) is 17.9 Å². The van der Waals surface area contributed by atoms with Gasteiger partial charge in [-0.15, -0.1) is 0 Å². The molecule has 0 radical (unpaired) electrons. The largest absolute Gasteiger partial charge is 0.329 e. The van der Waals surface area contributed by atoms with E-state index in [2.05, 4.69) is 11.6 Å². The molecule has 0 aliphatic rings. The molecule has 0 aromatic heterocycles. The van der Waals surface area contributed by atoms with Crippen molar-refractivity contribution in [2.45, 2.75) is 38.5 Å². The van der Waals surface area contributed by atoms with Gasteiger partial charge in [0.2, 0.25) is 10.0 Å². The average molecular weight is 254 g/mol. The van der Waals surface area contributed by atoms with Gasteiger partial charge in [-0.25, -0.2) is 13.1 Å². The Hall–Kier alpha value is 0.220. The zero-order valence-corrected chi connectivity index (χ0v) is 11.3. The second-order valence-corrected chi connectivity index (χ2v) is 7.12. The fourth-order valence-corrected chi connectivity index (χ4v) is 2.96. The molecule has 0 aliphatic heterocycles. The van der Waals surface area contributed by atoms with Crippen molar-refractivity contribution in [3.8, 4) is 0 Å². The number of sulfonamides is 1. The van der Waals surface area contributed by atoms with Crippen LogP contribution in [0.15, 0.2) is 0 Å². The van der Waals surface area contributed by atoms with Crippen LogP contribution in [0.2, 0.25) is 0 Å². The maximum atomic E-state index is 11.6. The van der Waals surface area contributed by atoms with Crippen LogP contribution in [0.3, 0.4) is 0 Å². The van der Waals surface area contributed by atoms with Crippen LogP contribution in [0.5, 0.6) is 0 Å². The van der Waals surface area contributed by atoms with Crippen molar-refractivity contribution < 1.29 is 8.42 Å². The van der Waals surface area contributed by atoms with Gasteiger partial charge in [0, 0.05) is 12.6 Å². The Bertz CT molecular complexity index is 255. The molecule has 0 rings (SSSR count). The molecule has 0 bridgehead atoms. The molecule has 0 heterocycles. The summed E-state index contributed by atoms with van der Waals surface area (Å²) in [5.74, 6) is 2.05. The third-order valence-electron chi connectivity index (χ3n) is 2.13. The number of hydrogen-bond donors (Lipinski definition) is 2. The van der Waals surface area contributed by atoms with Crippen LogP contribution < -0.4 is 10.5 Å². The summed E-state index contributed by atoms with van der Waals surface area (Å²) >= 11 is 1.82. The smallest absolute Gasteiger partial charge is 0.215 e. The number of hydrogen-bond acceptors (Lipinski definition) is 4. The zero-order chi connectivity index (χ0) is 11.9. The van der Waals surface area contributed by atoms with Crippen LogP contribution in [0.4, 0.5) is 0 Å². The van der Waals surface area contributed by atoms with Crippen molar-refractivity contribution in [3.63, 3.8) is 0 Å². The molecule has 0 aromatic carbocycles. The fourth-order valence-electron chi connectivity index (χ4n) is 0.987. The quantitative estimate of drug-likeness (QED) is 0.628. The maximum Gasteiger partial charge on any atom is 0.215 e. The lowest BCUT2D eigenvalue weighted by Crippen LogP contribution is -2.41. The molecule has 0 amide bonds. The van der Waals surface area contributed by atoms with E-state index in [-0.39, 0.29) is 12.6 Å². The molecule has 15 heavy (non-hydrogen) atoms. The minimum Gasteiger partial charge on any atom is -0.329 e. The van der Waals surface area contributed by atoms with Gasteiger partial charge in [0.1, 0.15) is 0 Å². The first-order valence-corrected chi connectivity index (χ1v) is 7.93. The van der Waals surface area contributed by atoms with Crippen LogP contribution >= 0.6 is 11.8 Å². The molecule has 6 heteroatoms. The first-order chi connectivity index (χ1) is 6.94. The van der Waals surface area contributed by atoms with Crippen molar-refractivity contribution in [2.75, 3.05) is 18.1 Å². The Balaban J connectivity index is 3.99. The molecule has 0 aromatic rings. The molecule has 2 atom stereocenters. The molecule has 92 valence electrons. The van der Waals surface area contributed by atoms with Gasteiger partial charge in [-0.1, -0.05) is 6.92 Å². The van der Waals surface area contributed by atoms with E-state index >= 15 is 0 Å². The molecule has 4 nitrogen and oxygen atoms in total. The Labute approximate surface area is 97.4 Å². The van der Waals surface area contributed by atoms with Gasteiger partial charge in [-0.05, 0) is 31.8 Å². The summed E-state index contributed by atoms with van der Waals surface area (Å²) in [5.41, 5.74) is 5.33. The molecule has 0 saturated heterocycles. The van der Waals surface area contributed by atoms with E-state index in [4.69, 9.17) is 5.73 Å². The van der Waals surface area contributed by atoms with Crippen LogP contribution in [0.1, 0.15) is 27.2 Å². The summed E-state index contributed by atoms with van der Waals surface area (Å²) in [5, 5.41) is -0.515. The predicted molar refractivity (Wildman–Crippen MR) is 67.6 cm³/mol. The maximum absolute atomic E-state index is 11.6. The van der Waals surface area contributed by atoms with E-state index in [9.17, 15) is 8.42 Å². The van der Waals surface area contributed by atoms with Crippen molar-refractivity contribution in [3.05, 3.63) is 0 Å². The second kappa shape index (κ2) is 7.49. The van der Waals surface area contributed by atoms with E-state index in [0.29, 0.717) is 0 Å². The zero-order valence-electron chi connectivity index (χ0n) is 9.69. The highest BCUT2D eigenvalue weighted by Crippen LogP contribution is 2.06. The number of nitrogens with one attached hydrogen (secondary N) is 1. The molecule has 0 fully saturated rings. The van der Waals surface area contributed by atoms with E-state index in [1.165, 1.54) is 0 Å². The van der Waals surface area contributed by atoms with Crippen molar-refractivity contribution in [1.29, 1.82) is 0 Å². The van der Waals surface area contributed by atoms with Gasteiger partial charge in [-0.3, -0.25) is 0 Å². The lowest BCUT2D eigenvalue weighted by molar-refractivity contribution is 0.546. The van der Waals surface area contributed by atoms with E-state index in [1.54, 1.807) is 6.92 Å². The Morgan fingerprint density at radius 1 is 1.40 bits per heavy atom. The second-order valence-electron chi connectivity index (χ2n) is 3.60. The topological polar surface area (TPSA) is 72.2 Å². The van der Waals surface area contributed by atoms with E-state index < -0.39 is 15.3 Å². The molecule has 0 saturated carbocycles. The Morgan fingerprint density at radius 3 is 2.47 bits per heavy atom. The van der Waals surface area contributed by atoms with Crippen molar-refractivity contribution in [1.82, 2.24) is 4.72 Å². The van der Waals surface area contributed by atoms with Crippen molar-refractivity contribution in [2.24, 2.45) is 5.73 Å². The van der Waals surface area contributed by atoms with Gasteiger partial charge in [0.25, 0.3) is 0 Å². The predicted octanol–water partition coefficient (Wildman–Crippen LogP) is 0.785. The fraction of sp³-hybridized carbons (Fsp3) is 1.00. The molecule has 0 spiro atoms. The number of nitrogens with two attached hydrogens (primary N) is 1. The van der Waals surface area contributed by atoms with Gasteiger partial charge in [-0.2, -0.15) is 11.8 Å². The van der Waals surface area contributed by atoms with Gasteiger partial charge in [0.05, 0.1) is 5.25 Å². The minimum absolute atomic E-state index is 0.0111. The Morgan fingerprint density at radius 2 is 2.00 bits per heavy atom. The normalized spacial score (nSPS) is 16.3. The summed E-state index contributed by atoms with van der Waals surface area (Å²) in [6.07, 6.45) is 0.856. The number of rotatable bonds is 8. The molecule has 3 N–H and O–H groups in total. The monoisotopic (exact) mass is 254 g/mol. The number of thioether (sulfide) groups is 1.